The van der Waals surface area contributed by atoms with Crippen LogP contribution in [0.5, 0.6) is 0 Å². The van der Waals surface area contributed by atoms with Gasteiger partial charge >= 0.3 is 0 Å². The topological polar surface area (TPSA) is 54.0 Å². The van der Waals surface area contributed by atoms with Gasteiger partial charge in [0.15, 0.2) is 0 Å². The van der Waals surface area contributed by atoms with Gasteiger partial charge < -0.3 is 10.6 Å². The van der Waals surface area contributed by atoms with Crippen LogP contribution in [0.3, 0.4) is 0 Å². The molecule has 0 aliphatic carbocycles. The van der Waals surface area contributed by atoms with E-state index in [4.69, 9.17) is 11.6 Å². The molecule has 0 aliphatic rings. The maximum absolute atomic E-state index is 12.2. The lowest BCUT2D eigenvalue weighted by atomic mass is 10.0. The highest BCUT2D eigenvalue weighted by molar-refractivity contribution is 6.35. The van der Waals surface area contributed by atoms with Crippen LogP contribution >= 0.6 is 11.6 Å². The number of pyridine rings is 1. The highest BCUT2D eigenvalue weighted by Crippen LogP contribution is 2.28. The molecular formula is C14H16ClN3O. The van der Waals surface area contributed by atoms with Gasteiger partial charge in [0.05, 0.1) is 21.8 Å². The number of hydrogen-bond donors (Lipinski definition) is 2. The van der Waals surface area contributed by atoms with Crippen molar-refractivity contribution in [1.82, 2.24) is 10.3 Å². The summed E-state index contributed by atoms with van der Waals surface area (Å²) in [7, 11) is 1.75. The van der Waals surface area contributed by atoms with Crippen molar-refractivity contribution in [3.05, 3.63) is 35.5 Å². The average Bonchev–Trinajstić information content (AvgIpc) is 2.42. The third-order valence-corrected chi connectivity index (χ3v) is 3.47. The fourth-order valence-corrected chi connectivity index (χ4v) is 1.85. The van der Waals surface area contributed by atoms with E-state index in [0.717, 1.165) is 5.39 Å². The van der Waals surface area contributed by atoms with Gasteiger partial charge in [-0.15, -0.1) is 0 Å². The van der Waals surface area contributed by atoms with Crippen LogP contribution in [0.15, 0.2) is 30.5 Å². The van der Waals surface area contributed by atoms with Crippen LogP contribution in [0.1, 0.15) is 13.8 Å². The van der Waals surface area contributed by atoms with E-state index in [-0.39, 0.29) is 5.91 Å². The van der Waals surface area contributed by atoms with Crippen molar-refractivity contribution in [2.24, 2.45) is 0 Å². The van der Waals surface area contributed by atoms with E-state index in [9.17, 15) is 4.79 Å². The lowest BCUT2D eigenvalue weighted by Crippen LogP contribution is -2.47. The van der Waals surface area contributed by atoms with E-state index in [1.54, 1.807) is 25.4 Å². The minimum absolute atomic E-state index is 0.109. The van der Waals surface area contributed by atoms with E-state index < -0.39 is 5.54 Å². The van der Waals surface area contributed by atoms with Crippen LogP contribution in [0.2, 0.25) is 5.02 Å². The van der Waals surface area contributed by atoms with Crippen molar-refractivity contribution in [1.29, 1.82) is 0 Å². The molecule has 5 heteroatoms. The van der Waals surface area contributed by atoms with Gasteiger partial charge in [-0.3, -0.25) is 9.78 Å². The van der Waals surface area contributed by atoms with Crippen LogP contribution < -0.4 is 10.6 Å². The Balaban J connectivity index is 2.42. The van der Waals surface area contributed by atoms with E-state index in [1.165, 1.54) is 0 Å². The Hall–Kier alpha value is -1.65. The molecule has 0 spiro atoms. The SMILES string of the molecule is CNC(C)(C)C(=O)Nc1ccc(Cl)c2ncccc12. The number of carbonyl (C=O) groups is 1. The van der Waals surface area contributed by atoms with Crippen molar-refractivity contribution in [3.63, 3.8) is 0 Å². The van der Waals surface area contributed by atoms with Gasteiger partial charge in [-0.2, -0.15) is 0 Å². The van der Waals surface area contributed by atoms with E-state index >= 15 is 0 Å². The number of halogens is 1. The Bertz CT molecular complexity index is 625. The number of aromatic nitrogens is 1. The van der Waals surface area contributed by atoms with Crippen molar-refractivity contribution in [2.75, 3.05) is 12.4 Å². The number of carbonyl (C=O) groups excluding carboxylic acids is 1. The first-order chi connectivity index (χ1) is 8.95. The molecule has 19 heavy (non-hydrogen) atoms. The molecule has 0 bridgehead atoms. The number of likely N-dealkylation sites (N-methyl/N-ethyl adjacent to an activating group) is 1. The molecule has 0 aliphatic heterocycles. The van der Waals surface area contributed by atoms with Crippen LogP contribution in [0, 0.1) is 0 Å². The first-order valence-electron chi connectivity index (χ1n) is 5.99. The Morgan fingerprint density at radius 1 is 1.32 bits per heavy atom. The van der Waals surface area contributed by atoms with Crippen molar-refractivity contribution in [3.8, 4) is 0 Å². The maximum Gasteiger partial charge on any atom is 0.244 e. The van der Waals surface area contributed by atoms with E-state index in [2.05, 4.69) is 15.6 Å². The monoisotopic (exact) mass is 277 g/mol. The van der Waals surface area contributed by atoms with Crippen LogP contribution in [0.4, 0.5) is 5.69 Å². The first kappa shape index (κ1) is 13.8. The molecule has 4 nitrogen and oxygen atoms in total. The second kappa shape index (κ2) is 5.15. The third kappa shape index (κ3) is 2.69. The zero-order valence-corrected chi connectivity index (χ0v) is 11.9. The zero-order chi connectivity index (χ0) is 14.0. The summed E-state index contributed by atoms with van der Waals surface area (Å²) in [5.41, 5.74) is 0.749. The summed E-state index contributed by atoms with van der Waals surface area (Å²) in [5.74, 6) is -0.109. The zero-order valence-electron chi connectivity index (χ0n) is 11.1. The number of amides is 1. The number of anilines is 1. The summed E-state index contributed by atoms with van der Waals surface area (Å²) in [5, 5.41) is 7.27. The average molecular weight is 278 g/mol. The molecule has 1 aromatic heterocycles. The molecule has 2 rings (SSSR count). The van der Waals surface area contributed by atoms with Crippen molar-refractivity contribution >= 4 is 34.1 Å². The molecule has 0 fully saturated rings. The normalized spacial score (nSPS) is 11.6. The fraction of sp³-hybridized carbons (Fsp3) is 0.286. The first-order valence-corrected chi connectivity index (χ1v) is 6.37. The minimum atomic E-state index is -0.645. The van der Waals surface area contributed by atoms with Gasteiger partial charge in [-0.05, 0) is 45.2 Å². The Kier molecular flexibility index (Phi) is 3.73. The van der Waals surface area contributed by atoms with Gasteiger partial charge in [0, 0.05) is 11.6 Å². The molecule has 0 unspecified atom stereocenters. The van der Waals surface area contributed by atoms with Crippen LogP contribution in [-0.2, 0) is 4.79 Å². The molecule has 0 saturated heterocycles. The molecule has 2 aromatic rings. The summed E-state index contributed by atoms with van der Waals surface area (Å²) in [4.78, 5) is 16.4. The van der Waals surface area contributed by atoms with Crippen molar-refractivity contribution in [2.45, 2.75) is 19.4 Å². The number of benzene rings is 1. The Morgan fingerprint density at radius 2 is 2.05 bits per heavy atom. The predicted octanol–water partition coefficient (Wildman–Crippen LogP) is 2.82. The molecule has 1 aromatic carbocycles. The summed E-state index contributed by atoms with van der Waals surface area (Å²) in [6.45, 7) is 3.64. The van der Waals surface area contributed by atoms with Crippen LogP contribution in [-0.4, -0.2) is 23.5 Å². The number of fused-ring (bicyclic) bond motifs is 1. The smallest absolute Gasteiger partial charge is 0.244 e. The number of nitrogens with one attached hydrogen (secondary N) is 2. The molecule has 1 amide bonds. The highest BCUT2D eigenvalue weighted by Gasteiger charge is 2.25. The lowest BCUT2D eigenvalue weighted by molar-refractivity contribution is -0.121. The molecule has 100 valence electrons. The van der Waals surface area contributed by atoms with E-state index in [0.29, 0.717) is 16.2 Å². The quantitative estimate of drug-likeness (QED) is 0.907. The highest BCUT2D eigenvalue weighted by atomic mass is 35.5. The van der Waals surface area contributed by atoms with Gasteiger partial charge in [0.25, 0.3) is 0 Å². The minimum Gasteiger partial charge on any atom is -0.324 e. The predicted molar refractivity (Wildman–Crippen MR) is 78.5 cm³/mol. The largest absolute Gasteiger partial charge is 0.324 e. The number of rotatable bonds is 3. The Morgan fingerprint density at radius 3 is 2.74 bits per heavy atom. The standard InChI is InChI=1S/C14H16ClN3O/c1-14(2,16-3)13(19)18-11-7-6-10(15)12-9(11)5-4-8-17-12/h4-8,16H,1-3H3,(H,18,19). The molecule has 2 N–H and O–H groups in total. The van der Waals surface area contributed by atoms with Gasteiger partial charge in [0.2, 0.25) is 5.91 Å². The second-order valence-electron chi connectivity index (χ2n) is 4.82. The summed E-state index contributed by atoms with van der Waals surface area (Å²) < 4.78 is 0. The summed E-state index contributed by atoms with van der Waals surface area (Å²) in [6.07, 6.45) is 1.68. The Labute approximate surface area is 117 Å². The molecular weight excluding hydrogens is 262 g/mol. The van der Waals surface area contributed by atoms with Gasteiger partial charge in [-0.25, -0.2) is 0 Å². The maximum atomic E-state index is 12.2. The number of hydrogen-bond acceptors (Lipinski definition) is 3. The fourth-order valence-electron chi connectivity index (χ4n) is 1.64. The summed E-state index contributed by atoms with van der Waals surface area (Å²) in [6, 6.07) is 7.22. The molecule has 1 heterocycles. The molecule has 0 radical (unpaired) electrons. The molecule has 0 atom stereocenters. The van der Waals surface area contributed by atoms with Gasteiger partial charge in [-0.1, -0.05) is 11.6 Å². The second-order valence-corrected chi connectivity index (χ2v) is 5.23. The summed E-state index contributed by atoms with van der Waals surface area (Å²) >= 11 is 6.10. The van der Waals surface area contributed by atoms with Crippen molar-refractivity contribution < 1.29 is 4.79 Å². The number of nitrogens with zero attached hydrogens (tertiary/aromatic N) is 1. The lowest BCUT2D eigenvalue weighted by Gasteiger charge is -2.23. The van der Waals surface area contributed by atoms with Crippen LogP contribution in [0.25, 0.3) is 10.9 Å². The van der Waals surface area contributed by atoms with Gasteiger partial charge in [0.1, 0.15) is 0 Å². The van der Waals surface area contributed by atoms with E-state index in [1.807, 2.05) is 26.0 Å². The molecule has 0 saturated carbocycles. The third-order valence-electron chi connectivity index (χ3n) is 3.16.